The topological polar surface area (TPSA) is 147 Å². The number of nitrogens with one attached hydrogen (secondary N) is 3. The van der Waals surface area contributed by atoms with Crippen molar-refractivity contribution in [3.05, 3.63) is 40.4 Å². The monoisotopic (exact) mass is 558 g/mol. The van der Waals surface area contributed by atoms with Crippen LogP contribution in [0.2, 0.25) is 0 Å². The van der Waals surface area contributed by atoms with Crippen LogP contribution < -0.4 is 16.0 Å². The predicted molar refractivity (Wildman–Crippen MR) is 150 cm³/mol. The fraction of sp³-hybridized carbons (Fsp3) is 0.556. The molecule has 0 unspecified atom stereocenters. The number of rotatable bonds is 11. The maximum Gasteiger partial charge on any atom is 0.416 e. The lowest BCUT2D eigenvalue weighted by Crippen LogP contribution is -2.47. The first-order valence-corrected chi connectivity index (χ1v) is 14.2. The third-order valence-electron chi connectivity index (χ3n) is 6.38. The van der Waals surface area contributed by atoms with Crippen molar-refractivity contribution in [1.82, 2.24) is 20.4 Å². The van der Waals surface area contributed by atoms with Gasteiger partial charge in [-0.15, -0.1) is 11.8 Å². The third-order valence-corrected chi connectivity index (χ3v) is 7.55. The number of amides is 3. The van der Waals surface area contributed by atoms with Gasteiger partial charge in [0.2, 0.25) is 0 Å². The van der Waals surface area contributed by atoms with Crippen molar-refractivity contribution in [3.8, 4) is 6.07 Å². The van der Waals surface area contributed by atoms with Crippen molar-refractivity contribution in [2.45, 2.75) is 51.8 Å². The van der Waals surface area contributed by atoms with Gasteiger partial charge in [-0.1, -0.05) is 6.07 Å². The Hall–Kier alpha value is -3.27. The molecule has 2 aliphatic heterocycles. The zero-order valence-corrected chi connectivity index (χ0v) is 23.6. The minimum absolute atomic E-state index is 0.176. The van der Waals surface area contributed by atoms with Crippen LogP contribution in [0.1, 0.15) is 50.4 Å². The van der Waals surface area contributed by atoms with Crippen molar-refractivity contribution in [2.75, 3.05) is 50.4 Å². The lowest BCUT2D eigenvalue weighted by molar-refractivity contribution is -0.119. The highest BCUT2D eigenvalue weighted by atomic mass is 32.2. The number of cyclic esters (lactones) is 1. The lowest BCUT2D eigenvalue weighted by Gasteiger charge is -2.25. The fourth-order valence-corrected chi connectivity index (χ4v) is 5.34. The van der Waals surface area contributed by atoms with E-state index in [1.807, 2.05) is 6.07 Å². The second kappa shape index (κ2) is 14.2. The zero-order chi connectivity index (χ0) is 28.4. The van der Waals surface area contributed by atoms with Crippen LogP contribution in [0.3, 0.4) is 0 Å². The highest BCUT2D eigenvalue weighted by Crippen LogP contribution is 2.30. The molecule has 12 heteroatoms. The highest BCUT2D eigenvalue weighted by Gasteiger charge is 2.33. The highest BCUT2D eigenvalue weighted by molar-refractivity contribution is 8.03. The van der Waals surface area contributed by atoms with Gasteiger partial charge < -0.3 is 30.7 Å². The van der Waals surface area contributed by atoms with Gasteiger partial charge >= 0.3 is 6.09 Å². The normalized spacial score (nSPS) is 19.5. The number of hydrogen-bond donors (Lipinski definition) is 4. The zero-order valence-electron chi connectivity index (χ0n) is 22.8. The summed E-state index contributed by atoms with van der Waals surface area (Å²) in [7, 11) is 0. The molecule has 2 heterocycles. The van der Waals surface area contributed by atoms with E-state index >= 15 is 0 Å². The first kappa shape index (κ1) is 30.3. The maximum absolute atomic E-state index is 12.9. The Balaban J connectivity index is 1.65. The molecule has 212 valence electrons. The summed E-state index contributed by atoms with van der Waals surface area (Å²) in [5.74, 6) is -0.646. The standard InChI is InChI=1S/C27H38N6O5S/c1-4-33-25(21(16-28)24(36)31-27(2,3)18-34)39-17-22(38-26(33)37)30-20-10-7-9-19(15-20)23(35)29-11-8-14-32-12-5-6-13-32/h7,9-10,15,22,30,34H,4-6,8,11-14,17-18H2,1-3H3,(H,29,35)(H,31,36)/b25-21-/t22-/m0/s1. The number of thioether (sulfide) groups is 1. The predicted octanol–water partition coefficient (Wildman–Crippen LogP) is 2.47. The summed E-state index contributed by atoms with van der Waals surface area (Å²) in [5, 5.41) is 28.1. The van der Waals surface area contributed by atoms with Crippen LogP contribution in [0.25, 0.3) is 0 Å². The van der Waals surface area contributed by atoms with Crippen LogP contribution in [-0.2, 0) is 9.53 Å². The van der Waals surface area contributed by atoms with Crippen LogP contribution in [0, 0.1) is 11.3 Å². The Bertz CT molecular complexity index is 1110. The average Bonchev–Trinajstić information content (AvgIpc) is 3.38. The van der Waals surface area contributed by atoms with Gasteiger partial charge in [0, 0.05) is 24.3 Å². The molecule has 0 aromatic heterocycles. The molecule has 11 nitrogen and oxygen atoms in total. The molecule has 39 heavy (non-hydrogen) atoms. The number of nitrogens with zero attached hydrogens (tertiary/aromatic N) is 3. The van der Waals surface area contributed by atoms with Crippen molar-refractivity contribution in [3.63, 3.8) is 0 Å². The van der Waals surface area contributed by atoms with Crippen LogP contribution in [0.4, 0.5) is 10.5 Å². The van der Waals surface area contributed by atoms with E-state index in [1.54, 1.807) is 45.0 Å². The number of carbonyl (C=O) groups is 3. The Morgan fingerprint density at radius 2 is 2.03 bits per heavy atom. The number of nitriles is 1. The smallest absolute Gasteiger partial charge is 0.416 e. The van der Waals surface area contributed by atoms with Crippen LogP contribution in [0.5, 0.6) is 0 Å². The van der Waals surface area contributed by atoms with E-state index < -0.39 is 23.8 Å². The van der Waals surface area contributed by atoms with Gasteiger partial charge in [0.1, 0.15) is 16.7 Å². The van der Waals surface area contributed by atoms with E-state index in [9.17, 15) is 24.8 Å². The molecule has 0 aliphatic carbocycles. The molecule has 3 amide bonds. The van der Waals surface area contributed by atoms with Crippen molar-refractivity contribution < 1.29 is 24.2 Å². The minimum Gasteiger partial charge on any atom is -0.424 e. The first-order valence-electron chi connectivity index (χ1n) is 13.2. The first-order chi connectivity index (χ1) is 18.7. The molecule has 0 radical (unpaired) electrons. The van der Waals surface area contributed by atoms with Gasteiger partial charge in [-0.05, 0) is 77.9 Å². The number of carbonyl (C=O) groups excluding carboxylic acids is 3. The molecule has 1 aromatic rings. The van der Waals surface area contributed by atoms with Crippen molar-refractivity contribution in [1.29, 1.82) is 5.26 Å². The SMILES string of the molecule is CCN1C(=O)O[C@H](Nc2cccc(C(=O)NCCCN3CCCC3)c2)CS/C1=C(/C#N)C(=O)NC(C)(C)CO. The van der Waals surface area contributed by atoms with E-state index in [4.69, 9.17) is 4.74 Å². The molecule has 0 spiro atoms. The lowest BCUT2D eigenvalue weighted by atomic mass is 10.1. The van der Waals surface area contributed by atoms with Gasteiger partial charge in [-0.25, -0.2) is 4.79 Å². The second-order valence-corrected chi connectivity index (χ2v) is 11.1. The van der Waals surface area contributed by atoms with Gasteiger partial charge in [-0.3, -0.25) is 14.5 Å². The van der Waals surface area contributed by atoms with E-state index in [1.165, 1.54) is 17.7 Å². The number of ether oxygens (including phenoxy) is 1. The summed E-state index contributed by atoms with van der Waals surface area (Å²) in [4.78, 5) is 42.1. The summed E-state index contributed by atoms with van der Waals surface area (Å²) in [6, 6.07) is 8.83. The van der Waals surface area contributed by atoms with E-state index in [0.717, 1.165) is 37.8 Å². The molecule has 0 bridgehead atoms. The number of likely N-dealkylation sites (tertiary alicyclic amines) is 1. The van der Waals surface area contributed by atoms with Gasteiger partial charge in [0.25, 0.3) is 11.8 Å². The molecular weight excluding hydrogens is 520 g/mol. The van der Waals surface area contributed by atoms with Gasteiger partial charge in [0.05, 0.1) is 17.9 Å². The van der Waals surface area contributed by atoms with E-state index in [0.29, 0.717) is 17.8 Å². The molecular formula is C27H38N6O5S. The van der Waals surface area contributed by atoms with Crippen LogP contribution in [-0.4, -0.2) is 89.7 Å². The Labute approximate surface area is 233 Å². The summed E-state index contributed by atoms with van der Waals surface area (Å²) < 4.78 is 5.61. The number of anilines is 1. The molecule has 4 N–H and O–H groups in total. The Morgan fingerprint density at radius 3 is 2.69 bits per heavy atom. The number of benzene rings is 1. The molecule has 2 saturated heterocycles. The second-order valence-electron chi connectivity index (χ2n) is 10.1. The van der Waals surface area contributed by atoms with Crippen molar-refractivity contribution in [2.24, 2.45) is 0 Å². The molecule has 0 saturated carbocycles. The van der Waals surface area contributed by atoms with E-state index in [2.05, 4.69) is 20.9 Å². The molecule has 3 rings (SSSR count). The minimum atomic E-state index is -0.942. The average molecular weight is 559 g/mol. The van der Waals surface area contributed by atoms with Crippen molar-refractivity contribution >= 4 is 35.4 Å². The van der Waals surface area contributed by atoms with Crippen LogP contribution >= 0.6 is 11.8 Å². The maximum atomic E-state index is 12.9. The summed E-state index contributed by atoms with van der Waals surface area (Å²) in [6.45, 7) is 8.66. The van der Waals surface area contributed by atoms with Gasteiger partial charge in [-0.2, -0.15) is 5.26 Å². The quantitative estimate of drug-likeness (QED) is 0.183. The fourth-order valence-electron chi connectivity index (χ4n) is 4.24. The van der Waals surface area contributed by atoms with E-state index in [-0.39, 0.29) is 35.4 Å². The third kappa shape index (κ3) is 8.61. The Kier molecular flexibility index (Phi) is 11.0. The molecule has 1 aromatic carbocycles. The van der Waals surface area contributed by atoms with Crippen LogP contribution in [0.15, 0.2) is 34.9 Å². The number of aliphatic hydroxyl groups is 1. The largest absolute Gasteiger partial charge is 0.424 e. The van der Waals surface area contributed by atoms with Gasteiger partial charge in [0.15, 0.2) is 6.23 Å². The summed E-state index contributed by atoms with van der Waals surface area (Å²) in [6.07, 6.45) is 1.90. The summed E-state index contributed by atoms with van der Waals surface area (Å²) in [5.41, 5.74) is -0.0949. The Morgan fingerprint density at radius 1 is 1.28 bits per heavy atom. The number of hydrogen-bond acceptors (Lipinski definition) is 9. The molecule has 2 aliphatic rings. The number of aliphatic hydroxyl groups excluding tert-OH is 1. The molecule has 2 fully saturated rings. The molecule has 1 atom stereocenters. The summed E-state index contributed by atoms with van der Waals surface area (Å²) >= 11 is 1.14.